The Morgan fingerprint density at radius 2 is 1.21 bits per heavy atom. The Hall–Kier alpha value is -3.87. The number of hydrogen-bond donors (Lipinski definition) is 2. The molecule has 0 atom stereocenters. The Morgan fingerprint density at radius 1 is 0.768 bits per heavy atom. The van der Waals surface area contributed by atoms with Crippen molar-refractivity contribution >= 4 is 92.3 Å². The van der Waals surface area contributed by atoms with Crippen LogP contribution in [0.25, 0.3) is 20.4 Å². The van der Waals surface area contributed by atoms with Gasteiger partial charge in [0, 0.05) is 49.0 Å². The third-order valence-corrected chi connectivity index (χ3v) is 8.35. The summed E-state index contributed by atoms with van der Waals surface area (Å²) in [6.07, 6.45) is 7.02. The van der Waals surface area contributed by atoms with E-state index in [1.807, 2.05) is 76.2 Å². The number of carbonyl (C=O) groups is 2. The first-order valence-corrected chi connectivity index (χ1v) is 24.2. The maximum absolute atomic E-state index is 12.3. The van der Waals surface area contributed by atoms with E-state index in [1.54, 1.807) is 43.8 Å². The van der Waals surface area contributed by atoms with Gasteiger partial charge in [-0.1, -0.05) is 36.4 Å². The van der Waals surface area contributed by atoms with Gasteiger partial charge in [0.05, 0.1) is 44.6 Å². The molecule has 16 heteroatoms. The van der Waals surface area contributed by atoms with Crippen LogP contribution in [0.15, 0.2) is 85.5 Å². The van der Waals surface area contributed by atoms with Crippen LogP contribution in [-0.2, 0) is 17.8 Å². The van der Waals surface area contributed by atoms with E-state index in [4.69, 9.17) is 43.1 Å². The Morgan fingerprint density at radius 3 is 1.68 bits per heavy atom. The minimum Gasteiger partial charge on any atom is -0.491 e. The van der Waals surface area contributed by atoms with Crippen LogP contribution in [0.5, 0.6) is 11.5 Å². The van der Waals surface area contributed by atoms with Crippen LogP contribution >= 0.6 is 45.9 Å². The lowest BCUT2D eigenvalue weighted by atomic mass is 10.2. The zero-order valence-corrected chi connectivity index (χ0v) is 37.4. The number of fused-ring (bicyclic) bond motifs is 2. The van der Waals surface area contributed by atoms with Crippen LogP contribution in [0.2, 0.25) is 17.4 Å². The van der Waals surface area contributed by atoms with E-state index in [0.717, 1.165) is 43.1 Å². The first-order valence-electron chi connectivity index (χ1n) is 18.0. The number of thiazole rings is 2. The van der Waals surface area contributed by atoms with Crippen LogP contribution in [0, 0.1) is 0 Å². The van der Waals surface area contributed by atoms with Gasteiger partial charge >= 0.3 is 5.97 Å². The predicted molar refractivity (Wildman–Crippen MR) is 234 cm³/mol. The van der Waals surface area contributed by atoms with E-state index in [1.165, 1.54) is 22.7 Å². The van der Waals surface area contributed by atoms with Crippen molar-refractivity contribution in [2.45, 2.75) is 77.3 Å². The van der Waals surface area contributed by atoms with Crippen molar-refractivity contribution in [3.63, 3.8) is 0 Å². The maximum atomic E-state index is 12.3. The number of rotatable bonds is 10. The highest BCUT2D eigenvalue weighted by Crippen LogP contribution is 2.23. The zero-order chi connectivity index (χ0) is 41.5. The molecule has 6 rings (SSSR count). The van der Waals surface area contributed by atoms with Gasteiger partial charge in [-0.2, -0.15) is 0 Å². The number of benzene rings is 2. The molecule has 4 aromatic heterocycles. The van der Waals surface area contributed by atoms with E-state index in [0.29, 0.717) is 29.7 Å². The minimum absolute atomic E-state index is 0.0867. The number of nitrogens with two attached hydrogens (primary N) is 1. The van der Waals surface area contributed by atoms with Gasteiger partial charge in [-0.3, -0.25) is 14.8 Å². The summed E-state index contributed by atoms with van der Waals surface area (Å²) in [6.45, 7) is 11.0. The number of alkyl halides is 2. The van der Waals surface area contributed by atoms with Crippen LogP contribution < -0.4 is 20.5 Å². The molecule has 11 nitrogen and oxygen atoms in total. The summed E-state index contributed by atoms with van der Waals surface area (Å²) in [5.74, 6) is 8.05. The predicted octanol–water partition coefficient (Wildman–Crippen LogP) is 10.0. The molecule has 0 bridgehead atoms. The van der Waals surface area contributed by atoms with E-state index in [-0.39, 0.29) is 43.6 Å². The van der Waals surface area contributed by atoms with E-state index < -0.39 is 0 Å². The SMILES string of the molecule is CC(C)Oc1ccccc1CN.CC(C)Oc1ccccc1CNC(=O)c1nc2ccncc2s1.CCOC(=O)c1nc2ccncc2s1.ClCCl.[CH3][Al]([CH3])[CH3]. The molecule has 0 aliphatic rings. The van der Waals surface area contributed by atoms with Crippen LogP contribution in [0.3, 0.4) is 0 Å². The number of aromatic nitrogens is 4. The third kappa shape index (κ3) is 17.9. The number of nitrogens with one attached hydrogen (secondary N) is 1. The average molecular weight is 858 g/mol. The molecule has 56 heavy (non-hydrogen) atoms. The van der Waals surface area contributed by atoms with Crippen molar-refractivity contribution < 1.29 is 23.8 Å². The second-order valence-electron chi connectivity index (χ2n) is 12.7. The highest BCUT2D eigenvalue weighted by Gasteiger charge is 2.14. The topological polar surface area (TPSA) is 151 Å². The number of esters is 1. The second kappa shape index (κ2) is 26.9. The molecule has 0 saturated carbocycles. The summed E-state index contributed by atoms with van der Waals surface area (Å²) in [6, 6.07) is 19.1. The number of ether oxygens (including phenoxy) is 3. The third-order valence-electron chi connectivity index (χ3n) is 6.36. The number of hydrogen-bond acceptors (Lipinski definition) is 12. The van der Waals surface area contributed by atoms with Crippen molar-refractivity contribution in [2.24, 2.45) is 5.73 Å². The van der Waals surface area contributed by atoms with Gasteiger partial charge in [-0.25, -0.2) is 14.8 Å². The molecule has 4 heterocycles. The molecular formula is C40H51AlCl2N6O5S2. The quantitative estimate of drug-likeness (QED) is 0.0774. The molecular weight excluding hydrogens is 806 g/mol. The van der Waals surface area contributed by atoms with Gasteiger partial charge in [0.15, 0.2) is 5.01 Å². The molecule has 0 fully saturated rings. The van der Waals surface area contributed by atoms with E-state index in [9.17, 15) is 9.59 Å². The molecule has 0 saturated heterocycles. The number of nitrogens with zero attached hydrogens (tertiary/aromatic N) is 4. The number of pyridine rings is 2. The first kappa shape index (κ1) is 48.3. The first-order chi connectivity index (χ1) is 26.8. The molecule has 6 aromatic rings. The average Bonchev–Trinajstić information content (AvgIpc) is 3.80. The lowest BCUT2D eigenvalue weighted by Crippen LogP contribution is -2.23. The molecule has 0 radical (unpaired) electrons. The number of halogens is 2. The highest BCUT2D eigenvalue weighted by molar-refractivity contribution is 7.20. The van der Waals surface area contributed by atoms with Gasteiger partial charge in [0.25, 0.3) is 20.1 Å². The van der Waals surface area contributed by atoms with Crippen molar-refractivity contribution in [3.8, 4) is 11.5 Å². The standard InChI is InChI=1S/C17H17N3O2S.C10H15NO.C9H8N2O2S.CH2Cl2.3CH3.Al/c1-11(2)22-14-6-4-3-5-12(14)9-19-16(21)17-20-13-7-8-18-10-15(13)23-17;1-8(2)12-10-6-4-3-5-9(10)7-11;1-2-13-9(12)8-11-6-3-4-10-5-7(6)14-8;2-1-3;;;;/h3-8,10-11H,9H2,1-2H3,(H,19,21);3-6,8H,7,11H2,1-2H3;3-5H,2H2,1H3;1H2;3*1H3;. The van der Waals surface area contributed by atoms with Crippen molar-refractivity contribution in [3.05, 3.63) is 107 Å². The lowest BCUT2D eigenvalue weighted by Gasteiger charge is -2.14. The van der Waals surface area contributed by atoms with Crippen LogP contribution in [0.4, 0.5) is 0 Å². The molecule has 3 N–H and O–H groups in total. The summed E-state index contributed by atoms with van der Waals surface area (Å²) < 4.78 is 18.0. The van der Waals surface area contributed by atoms with Gasteiger partial charge in [0.2, 0.25) is 5.01 Å². The van der Waals surface area contributed by atoms with E-state index in [2.05, 4.69) is 42.6 Å². The summed E-state index contributed by atoms with van der Waals surface area (Å²) in [4.78, 5) is 40.1. The lowest BCUT2D eigenvalue weighted by molar-refractivity contribution is 0.0526. The summed E-state index contributed by atoms with van der Waals surface area (Å²) in [7, 11) is 0. The fraction of sp³-hybridized carbons (Fsp3) is 0.350. The Labute approximate surface area is 352 Å². The van der Waals surface area contributed by atoms with Crippen molar-refractivity contribution in [2.75, 3.05) is 11.9 Å². The maximum Gasteiger partial charge on any atom is 0.367 e. The van der Waals surface area contributed by atoms with Crippen molar-refractivity contribution in [1.29, 1.82) is 0 Å². The van der Waals surface area contributed by atoms with E-state index >= 15 is 0 Å². The van der Waals surface area contributed by atoms with Gasteiger partial charge in [-0.05, 0) is 58.9 Å². The summed E-state index contributed by atoms with van der Waals surface area (Å²) in [5.41, 5.74) is 9.13. The molecule has 0 aliphatic carbocycles. The van der Waals surface area contributed by atoms with Crippen molar-refractivity contribution in [1.82, 2.24) is 25.3 Å². The molecule has 0 unspecified atom stereocenters. The van der Waals surface area contributed by atoms with Crippen LogP contribution in [0.1, 0.15) is 65.3 Å². The van der Waals surface area contributed by atoms with Gasteiger partial charge in [0.1, 0.15) is 11.5 Å². The normalized spacial score (nSPS) is 10.1. The molecule has 1 amide bonds. The van der Waals surface area contributed by atoms with Crippen LogP contribution in [-0.4, -0.2) is 70.1 Å². The Bertz CT molecular complexity index is 1980. The highest BCUT2D eigenvalue weighted by atomic mass is 35.5. The molecule has 0 aliphatic heterocycles. The summed E-state index contributed by atoms with van der Waals surface area (Å²) in [5, 5.41) is 3.92. The van der Waals surface area contributed by atoms with Gasteiger partial charge in [-0.15, -0.1) is 63.2 Å². The molecule has 300 valence electrons. The van der Waals surface area contributed by atoms with Gasteiger partial charge < -0.3 is 25.3 Å². The molecule has 2 aromatic carbocycles. The number of amides is 1. The summed E-state index contributed by atoms with van der Waals surface area (Å²) >= 11 is 12.0. The monoisotopic (exact) mass is 856 g/mol. The largest absolute Gasteiger partial charge is 0.491 e. The molecule has 0 spiro atoms. The fourth-order valence-corrected chi connectivity index (χ4v) is 5.92. The smallest absolute Gasteiger partial charge is 0.367 e. The minimum atomic E-state index is -0.367. The number of carbonyl (C=O) groups excluding carboxylic acids is 2. The number of para-hydroxylation sites is 2. The Balaban J connectivity index is 0.000000282. The zero-order valence-electron chi connectivity index (χ0n) is 33.1. The fourth-order valence-electron chi connectivity index (χ4n) is 4.25. The Kier molecular flexibility index (Phi) is 23.2. The second-order valence-corrected chi connectivity index (χ2v) is 19.0.